The molecule has 5 rings (SSSR count). The molecule has 5 heteroatoms. The van der Waals surface area contributed by atoms with E-state index >= 15 is 0 Å². The van der Waals surface area contributed by atoms with E-state index in [0.717, 1.165) is 47.6 Å². The van der Waals surface area contributed by atoms with Gasteiger partial charge >= 0.3 is 0 Å². The second-order valence-corrected chi connectivity index (χ2v) is 7.72. The van der Waals surface area contributed by atoms with Gasteiger partial charge < -0.3 is 10.1 Å². The number of hydrogen-bond acceptors (Lipinski definition) is 5. The maximum absolute atomic E-state index is 6.20. The van der Waals surface area contributed by atoms with Gasteiger partial charge in [0.15, 0.2) is 5.82 Å². The zero-order valence-electron chi connectivity index (χ0n) is 15.4. The number of anilines is 1. The third-order valence-corrected chi connectivity index (χ3v) is 5.89. The molecule has 3 heterocycles. The van der Waals surface area contributed by atoms with Crippen LogP contribution < -0.4 is 5.32 Å². The molecule has 1 N–H and O–H groups in total. The maximum Gasteiger partial charge on any atom is 0.162 e. The van der Waals surface area contributed by atoms with Gasteiger partial charge in [-0.15, -0.1) is 0 Å². The third-order valence-electron chi connectivity index (χ3n) is 5.89. The number of fused-ring (bicyclic) bond motifs is 1. The van der Waals surface area contributed by atoms with Crippen LogP contribution in [0, 0.1) is 0 Å². The Hall–Kier alpha value is -2.53. The van der Waals surface area contributed by atoms with Crippen LogP contribution in [0.4, 0.5) is 5.82 Å². The molecule has 0 radical (unpaired) electrons. The number of ether oxygens (including phenoxy) is 1. The molecule has 5 nitrogen and oxygen atoms in total. The molecule has 0 amide bonds. The molecular weight excluding hydrogens is 336 g/mol. The zero-order chi connectivity index (χ0) is 18.1. The predicted octanol–water partition coefficient (Wildman–Crippen LogP) is 4.60. The lowest BCUT2D eigenvalue weighted by atomic mass is 9.89. The molecular formula is C22H24N4O. The van der Waals surface area contributed by atoms with Crippen LogP contribution in [-0.4, -0.2) is 33.2 Å². The van der Waals surface area contributed by atoms with Crippen molar-refractivity contribution in [3.63, 3.8) is 0 Å². The summed E-state index contributed by atoms with van der Waals surface area (Å²) in [5, 5.41) is 4.81. The van der Waals surface area contributed by atoms with Gasteiger partial charge in [-0.05, 0) is 49.9 Å². The second kappa shape index (κ2) is 6.89. The van der Waals surface area contributed by atoms with E-state index in [1.165, 1.54) is 25.7 Å². The van der Waals surface area contributed by atoms with Crippen LogP contribution >= 0.6 is 0 Å². The molecule has 1 atom stereocenters. The van der Waals surface area contributed by atoms with E-state index in [1.54, 1.807) is 12.4 Å². The Labute approximate surface area is 159 Å². The standard InChI is InChI=1S/C22H24N4O/c1-2-6-19-18(5-1)21(26-20(25-19)16-7-12-23-13-8-16)24-17-9-14-27-22(15-17)10-3-4-11-22/h1-2,5-8,12-13,17H,3-4,9-11,14-15H2,(H,24,25,26). The molecule has 1 spiro atoms. The Morgan fingerprint density at radius 1 is 1.00 bits per heavy atom. The van der Waals surface area contributed by atoms with Gasteiger partial charge in [-0.25, -0.2) is 9.97 Å². The predicted molar refractivity (Wildman–Crippen MR) is 107 cm³/mol. The van der Waals surface area contributed by atoms with Gasteiger partial charge in [-0.3, -0.25) is 4.98 Å². The third kappa shape index (κ3) is 3.28. The quantitative estimate of drug-likeness (QED) is 0.740. The van der Waals surface area contributed by atoms with Gasteiger partial charge in [0.1, 0.15) is 5.82 Å². The number of benzene rings is 1. The molecule has 1 aliphatic carbocycles. The highest BCUT2D eigenvalue weighted by atomic mass is 16.5. The van der Waals surface area contributed by atoms with E-state index in [9.17, 15) is 0 Å². The molecule has 1 saturated heterocycles. The van der Waals surface area contributed by atoms with Gasteiger partial charge in [0.25, 0.3) is 0 Å². The van der Waals surface area contributed by atoms with Gasteiger partial charge in [-0.1, -0.05) is 25.0 Å². The fraction of sp³-hybridized carbons (Fsp3) is 0.409. The number of pyridine rings is 1. The van der Waals surface area contributed by atoms with Gasteiger partial charge in [0, 0.05) is 36.0 Å². The van der Waals surface area contributed by atoms with Gasteiger partial charge in [0.05, 0.1) is 11.1 Å². The molecule has 1 aliphatic heterocycles. The number of nitrogens with one attached hydrogen (secondary N) is 1. The fourth-order valence-corrected chi connectivity index (χ4v) is 4.53. The zero-order valence-corrected chi connectivity index (χ0v) is 15.4. The van der Waals surface area contributed by atoms with Gasteiger partial charge in [0.2, 0.25) is 0 Å². The van der Waals surface area contributed by atoms with Gasteiger partial charge in [-0.2, -0.15) is 0 Å². The summed E-state index contributed by atoms with van der Waals surface area (Å²) in [5.41, 5.74) is 2.04. The molecule has 1 aromatic carbocycles. The SMILES string of the molecule is c1ccc2c(NC3CCOC4(CCCC4)C3)nc(-c3ccncc3)nc2c1. The summed E-state index contributed by atoms with van der Waals surface area (Å²) in [6.45, 7) is 0.831. The Balaban J connectivity index is 1.50. The van der Waals surface area contributed by atoms with Crippen molar-refractivity contribution >= 4 is 16.7 Å². The first-order valence-corrected chi connectivity index (χ1v) is 9.89. The minimum Gasteiger partial charge on any atom is -0.375 e. The van der Waals surface area contributed by atoms with E-state index in [2.05, 4.69) is 22.4 Å². The number of para-hydroxylation sites is 1. The van der Waals surface area contributed by atoms with Crippen LogP contribution in [0.25, 0.3) is 22.3 Å². The summed E-state index contributed by atoms with van der Waals surface area (Å²) in [6, 6.07) is 12.5. The second-order valence-electron chi connectivity index (χ2n) is 7.72. The number of rotatable bonds is 3. The Kier molecular flexibility index (Phi) is 4.24. The maximum atomic E-state index is 6.20. The average molecular weight is 360 g/mol. The fourth-order valence-electron chi connectivity index (χ4n) is 4.53. The van der Waals surface area contributed by atoms with Crippen LogP contribution in [0.2, 0.25) is 0 Å². The Bertz CT molecular complexity index is 937. The topological polar surface area (TPSA) is 59.9 Å². The van der Waals surface area contributed by atoms with E-state index < -0.39 is 0 Å². The van der Waals surface area contributed by atoms with Crippen LogP contribution in [0.3, 0.4) is 0 Å². The summed E-state index contributed by atoms with van der Waals surface area (Å²) in [4.78, 5) is 13.8. The van der Waals surface area contributed by atoms with Crippen LogP contribution in [-0.2, 0) is 4.74 Å². The lowest BCUT2D eigenvalue weighted by Crippen LogP contribution is -2.42. The van der Waals surface area contributed by atoms with Crippen molar-refractivity contribution in [1.29, 1.82) is 0 Å². The minimum absolute atomic E-state index is 0.0900. The number of hydrogen-bond donors (Lipinski definition) is 1. The average Bonchev–Trinajstić information content (AvgIpc) is 3.16. The molecule has 2 aromatic heterocycles. The summed E-state index contributed by atoms with van der Waals surface area (Å²) in [6.07, 6.45) is 10.6. The summed E-state index contributed by atoms with van der Waals surface area (Å²) in [5.74, 6) is 1.66. The van der Waals surface area contributed by atoms with E-state index in [0.29, 0.717) is 6.04 Å². The van der Waals surface area contributed by atoms with E-state index in [-0.39, 0.29) is 5.60 Å². The van der Waals surface area contributed by atoms with Crippen molar-refractivity contribution in [3.05, 3.63) is 48.8 Å². The molecule has 1 saturated carbocycles. The van der Waals surface area contributed by atoms with Crippen LogP contribution in [0.15, 0.2) is 48.8 Å². The highest BCUT2D eigenvalue weighted by molar-refractivity contribution is 5.90. The first kappa shape index (κ1) is 16.6. The molecule has 1 unspecified atom stereocenters. The lowest BCUT2D eigenvalue weighted by Gasteiger charge is -2.38. The first-order valence-electron chi connectivity index (χ1n) is 9.89. The Morgan fingerprint density at radius 2 is 1.81 bits per heavy atom. The molecule has 138 valence electrons. The number of nitrogens with zero attached hydrogens (tertiary/aromatic N) is 3. The minimum atomic E-state index is 0.0900. The highest BCUT2D eigenvalue weighted by Gasteiger charge is 2.40. The monoisotopic (exact) mass is 360 g/mol. The van der Waals surface area contributed by atoms with Crippen molar-refractivity contribution < 1.29 is 4.74 Å². The number of aromatic nitrogens is 3. The van der Waals surface area contributed by atoms with E-state index in [4.69, 9.17) is 14.7 Å². The molecule has 3 aromatic rings. The van der Waals surface area contributed by atoms with E-state index in [1.807, 2.05) is 24.3 Å². The normalized spacial score (nSPS) is 21.6. The first-order chi connectivity index (χ1) is 13.3. The van der Waals surface area contributed by atoms with Crippen LogP contribution in [0.1, 0.15) is 38.5 Å². The van der Waals surface area contributed by atoms with Crippen molar-refractivity contribution in [1.82, 2.24) is 15.0 Å². The smallest absolute Gasteiger partial charge is 0.162 e. The highest BCUT2D eigenvalue weighted by Crippen LogP contribution is 2.41. The molecule has 0 bridgehead atoms. The lowest BCUT2D eigenvalue weighted by molar-refractivity contribution is -0.0767. The van der Waals surface area contributed by atoms with Crippen molar-refractivity contribution in [2.45, 2.75) is 50.2 Å². The summed E-state index contributed by atoms with van der Waals surface area (Å²) >= 11 is 0. The molecule has 2 fully saturated rings. The van der Waals surface area contributed by atoms with Crippen LogP contribution in [0.5, 0.6) is 0 Å². The van der Waals surface area contributed by atoms with Crippen molar-refractivity contribution in [3.8, 4) is 11.4 Å². The largest absolute Gasteiger partial charge is 0.375 e. The summed E-state index contributed by atoms with van der Waals surface area (Å²) in [7, 11) is 0. The Morgan fingerprint density at radius 3 is 2.67 bits per heavy atom. The molecule has 2 aliphatic rings. The molecule has 27 heavy (non-hydrogen) atoms. The van der Waals surface area contributed by atoms with Crippen molar-refractivity contribution in [2.24, 2.45) is 0 Å². The van der Waals surface area contributed by atoms with Crippen molar-refractivity contribution in [2.75, 3.05) is 11.9 Å². The summed E-state index contributed by atoms with van der Waals surface area (Å²) < 4.78 is 6.20.